The number of benzene rings is 1. The van der Waals surface area contributed by atoms with Gasteiger partial charge < -0.3 is 15.1 Å². The molecule has 4 heteroatoms. The van der Waals surface area contributed by atoms with Crippen molar-refractivity contribution in [2.24, 2.45) is 11.3 Å². The minimum absolute atomic E-state index is 0.135. The van der Waals surface area contributed by atoms with Crippen LogP contribution in [0.1, 0.15) is 31.2 Å². The summed E-state index contributed by atoms with van der Waals surface area (Å²) in [6, 6.07) is 10.8. The lowest BCUT2D eigenvalue weighted by atomic mass is 9.65. The van der Waals surface area contributed by atoms with Gasteiger partial charge in [0.1, 0.15) is 0 Å². The fourth-order valence-corrected chi connectivity index (χ4v) is 4.18. The third-order valence-electron chi connectivity index (χ3n) is 5.65. The summed E-state index contributed by atoms with van der Waals surface area (Å²) in [6.07, 6.45) is 5.95. The van der Waals surface area contributed by atoms with Crippen LogP contribution in [-0.2, 0) is 6.42 Å². The smallest absolute Gasteiger partial charge is 0.317 e. The lowest BCUT2D eigenvalue weighted by Crippen LogP contribution is -2.47. The van der Waals surface area contributed by atoms with Gasteiger partial charge >= 0.3 is 6.03 Å². The molecule has 1 aromatic carbocycles. The van der Waals surface area contributed by atoms with E-state index in [-0.39, 0.29) is 11.4 Å². The van der Waals surface area contributed by atoms with Crippen LogP contribution in [-0.4, -0.2) is 56.1 Å². The second-order valence-corrected chi connectivity index (χ2v) is 8.04. The Morgan fingerprint density at radius 1 is 1.29 bits per heavy atom. The number of amides is 2. The Labute approximate surface area is 146 Å². The van der Waals surface area contributed by atoms with Crippen LogP contribution in [0.5, 0.6) is 0 Å². The summed E-state index contributed by atoms with van der Waals surface area (Å²) in [5, 5.41) is 3.23. The first-order valence-electron chi connectivity index (χ1n) is 9.28. The maximum Gasteiger partial charge on any atom is 0.317 e. The topological polar surface area (TPSA) is 35.6 Å². The molecule has 1 aliphatic heterocycles. The molecule has 1 heterocycles. The number of carbonyl (C=O) groups is 1. The van der Waals surface area contributed by atoms with E-state index in [1.165, 1.54) is 24.8 Å². The molecule has 0 spiro atoms. The van der Waals surface area contributed by atoms with Gasteiger partial charge in [-0.25, -0.2) is 4.79 Å². The van der Waals surface area contributed by atoms with Crippen LogP contribution in [0.2, 0.25) is 0 Å². The lowest BCUT2D eigenvalue weighted by Gasteiger charge is -2.42. The van der Waals surface area contributed by atoms with Crippen molar-refractivity contribution >= 4 is 6.03 Å². The third-order valence-corrected chi connectivity index (χ3v) is 5.65. The lowest BCUT2D eigenvalue weighted by molar-refractivity contribution is 0.127. The number of nitrogens with one attached hydrogen (secondary N) is 1. The largest absolute Gasteiger partial charge is 0.337 e. The van der Waals surface area contributed by atoms with Crippen LogP contribution in [0.3, 0.4) is 0 Å². The molecule has 1 aromatic rings. The van der Waals surface area contributed by atoms with E-state index >= 15 is 0 Å². The van der Waals surface area contributed by atoms with E-state index < -0.39 is 0 Å². The Kier molecular flexibility index (Phi) is 5.44. The maximum atomic E-state index is 12.5. The molecule has 3 rings (SSSR count). The van der Waals surface area contributed by atoms with E-state index in [4.69, 9.17) is 0 Å². The number of likely N-dealkylation sites (tertiary alicyclic amines) is 1. The molecule has 1 aliphatic carbocycles. The molecule has 24 heavy (non-hydrogen) atoms. The maximum absolute atomic E-state index is 12.5. The zero-order valence-corrected chi connectivity index (χ0v) is 15.1. The van der Waals surface area contributed by atoms with Crippen LogP contribution in [0.25, 0.3) is 0 Å². The minimum atomic E-state index is 0.135. The Morgan fingerprint density at radius 3 is 2.67 bits per heavy atom. The molecule has 2 fully saturated rings. The predicted octanol–water partition coefficient (Wildman–Crippen LogP) is 2.99. The SMILES string of the molecule is CN(C)C[C@H]1CCN(C(=O)NCC2(Cc3ccccc3)CCC2)C1. The summed E-state index contributed by atoms with van der Waals surface area (Å²) in [5.74, 6) is 0.618. The molecular formula is C20H31N3O. The predicted molar refractivity (Wildman–Crippen MR) is 98.1 cm³/mol. The van der Waals surface area contributed by atoms with Gasteiger partial charge in [0.15, 0.2) is 0 Å². The molecule has 0 aromatic heterocycles. The summed E-state index contributed by atoms with van der Waals surface area (Å²) < 4.78 is 0. The summed E-state index contributed by atoms with van der Waals surface area (Å²) in [7, 11) is 4.21. The molecule has 1 saturated heterocycles. The molecule has 1 saturated carbocycles. The highest BCUT2D eigenvalue weighted by Gasteiger charge is 2.38. The molecule has 4 nitrogen and oxygen atoms in total. The Bertz CT molecular complexity index is 539. The molecule has 2 amide bonds. The van der Waals surface area contributed by atoms with Gasteiger partial charge in [0, 0.05) is 26.2 Å². The van der Waals surface area contributed by atoms with E-state index in [0.717, 1.165) is 39.0 Å². The van der Waals surface area contributed by atoms with Gasteiger partial charge in [-0.1, -0.05) is 36.8 Å². The highest BCUT2D eigenvalue weighted by Crippen LogP contribution is 2.43. The molecule has 1 atom stereocenters. The molecule has 0 radical (unpaired) electrons. The zero-order valence-electron chi connectivity index (χ0n) is 15.1. The van der Waals surface area contributed by atoms with Gasteiger partial charge in [0.05, 0.1) is 0 Å². The number of nitrogens with zero attached hydrogens (tertiary/aromatic N) is 2. The van der Waals surface area contributed by atoms with E-state index in [1.54, 1.807) is 0 Å². The van der Waals surface area contributed by atoms with E-state index in [9.17, 15) is 4.79 Å². The molecule has 2 aliphatic rings. The van der Waals surface area contributed by atoms with Gasteiger partial charge in [0.2, 0.25) is 0 Å². The van der Waals surface area contributed by atoms with Gasteiger partial charge in [-0.3, -0.25) is 0 Å². The summed E-state index contributed by atoms with van der Waals surface area (Å²) in [6.45, 7) is 3.68. The summed E-state index contributed by atoms with van der Waals surface area (Å²) >= 11 is 0. The number of hydrogen-bond donors (Lipinski definition) is 1. The highest BCUT2D eigenvalue weighted by atomic mass is 16.2. The average molecular weight is 329 g/mol. The van der Waals surface area contributed by atoms with Crippen LogP contribution in [0, 0.1) is 11.3 Å². The highest BCUT2D eigenvalue weighted by molar-refractivity contribution is 5.74. The monoisotopic (exact) mass is 329 g/mol. The Morgan fingerprint density at radius 2 is 2.04 bits per heavy atom. The van der Waals surface area contributed by atoms with Gasteiger partial charge in [-0.2, -0.15) is 0 Å². The van der Waals surface area contributed by atoms with Crippen molar-refractivity contribution in [3.05, 3.63) is 35.9 Å². The molecule has 1 N–H and O–H groups in total. The third kappa shape index (κ3) is 4.29. The van der Waals surface area contributed by atoms with Crippen molar-refractivity contribution in [1.29, 1.82) is 0 Å². The van der Waals surface area contributed by atoms with Gasteiger partial charge in [-0.05, 0) is 56.7 Å². The van der Waals surface area contributed by atoms with Crippen molar-refractivity contribution in [3.8, 4) is 0 Å². The molecule has 0 unspecified atom stereocenters. The first-order chi connectivity index (χ1) is 11.6. The molecule has 132 valence electrons. The van der Waals surface area contributed by atoms with Crippen LogP contribution < -0.4 is 5.32 Å². The number of carbonyl (C=O) groups excluding carboxylic acids is 1. The van der Waals surface area contributed by atoms with Crippen molar-refractivity contribution in [1.82, 2.24) is 15.1 Å². The van der Waals surface area contributed by atoms with Crippen molar-refractivity contribution in [3.63, 3.8) is 0 Å². The fourth-order valence-electron chi connectivity index (χ4n) is 4.18. The van der Waals surface area contributed by atoms with Crippen molar-refractivity contribution < 1.29 is 4.79 Å². The first-order valence-corrected chi connectivity index (χ1v) is 9.28. The number of rotatable bonds is 6. The molecule has 0 bridgehead atoms. The van der Waals surface area contributed by atoms with E-state index in [1.807, 2.05) is 4.90 Å². The Hall–Kier alpha value is -1.55. The van der Waals surface area contributed by atoms with Crippen molar-refractivity contribution in [2.45, 2.75) is 32.1 Å². The zero-order chi connectivity index (χ0) is 17.0. The second kappa shape index (κ2) is 7.56. The minimum Gasteiger partial charge on any atom is -0.337 e. The summed E-state index contributed by atoms with van der Waals surface area (Å²) in [5.41, 5.74) is 1.67. The van der Waals surface area contributed by atoms with Crippen LogP contribution >= 0.6 is 0 Å². The number of urea groups is 1. The van der Waals surface area contributed by atoms with Crippen LogP contribution in [0.15, 0.2) is 30.3 Å². The number of hydrogen-bond acceptors (Lipinski definition) is 2. The normalized spacial score (nSPS) is 22.5. The van der Waals surface area contributed by atoms with E-state index in [0.29, 0.717) is 5.92 Å². The van der Waals surface area contributed by atoms with Crippen LogP contribution in [0.4, 0.5) is 4.79 Å². The van der Waals surface area contributed by atoms with Gasteiger partial charge in [-0.15, -0.1) is 0 Å². The van der Waals surface area contributed by atoms with Crippen molar-refractivity contribution in [2.75, 3.05) is 40.3 Å². The second-order valence-electron chi connectivity index (χ2n) is 8.04. The Balaban J connectivity index is 1.48. The first kappa shape index (κ1) is 17.3. The fraction of sp³-hybridized carbons (Fsp3) is 0.650. The standard InChI is InChI=1S/C20H31N3O/c1-22(2)14-18-9-12-23(15-18)19(24)21-16-20(10-6-11-20)13-17-7-4-3-5-8-17/h3-5,7-8,18H,6,9-16H2,1-2H3,(H,21,24)/t18-/m1/s1. The summed E-state index contributed by atoms with van der Waals surface area (Å²) in [4.78, 5) is 16.7. The van der Waals surface area contributed by atoms with Gasteiger partial charge in [0.25, 0.3) is 0 Å². The quantitative estimate of drug-likeness (QED) is 0.871. The van der Waals surface area contributed by atoms with E-state index in [2.05, 4.69) is 54.6 Å². The molecular weight excluding hydrogens is 298 g/mol. The average Bonchev–Trinajstić information content (AvgIpc) is 2.98.